The van der Waals surface area contributed by atoms with Gasteiger partial charge in [0.2, 0.25) is 6.79 Å². The van der Waals surface area contributed by atoms with Gasteiger partial charge < -0.3 is 14.4 Å². The first-order valence-electron chi connectivity index (χ1n) is 5.88. The van der Waals surface area contributed by atoms with Crippen molar-refractivity contribution in [3.63, 3.8) is 0 Å². The number of hydrogen-bond acceptors (Lipinski definition) is 3. The molecule has 92 valence electrons. The van der Waals surface area contributed by atoms with E-state index >= 15 is 0 Å². The maximum Gasteiger partial charge on any atom is 0.257 e. The minimum atomic E-state index is -0.0131. The Bertz CT molecular complexity index is 417. The Balaban J connectivity index is 2.17. The zero-order chi connectivity index (χ0) is 12.3. The predicted molar refractivity (Wildman–Crippen MR) is 64.4 cm³/mol. The lowest BCUT2D eigenvalue weighted by Crippen LogP contribution is -2.27. The predicted octanol–water partition coefficient (Wildman–Crippen LogP) is 2.29. The number of fused-ring (bicyclic) bond motifs is 1. The molecule has 0 bridgehead atoms. The fraction of sp³-hybridized carbons (Fsp3) is 0.462. The van der Waals surface area contributed by atoms with Gasteiger partial charge in [-0.25, -0.2) is 0 Å². The van der Waals surface area contributed by atoms with Crippen LogP contribution >= 0.6 is 0 Å². The number of unbranched alkanes of at least 4 members (excludes halogenated alkanes) is 1. The first-order valence-corrected chi connectivity index (χ1v) is 5.88. The van der Waals surface area contributed by atoms with Crippen molar-refractivity contribution in [1.29, 1.82) is 0 Å². The smallest absolute Gasteiger partial charge is 0.257 e. The molecule has 0 atom stereocenters. The molecule has 1 amide bonds. The molecule has 0 saturated heterocycles. The first kappa shape index (κ1) is 11.8. The van der Waals surface area contributed by atoms with Crippen LogP contribution in [0.3, 0.4) is 0 Å². The van der Waals surface area contributed by atoms with Gasteiger partial charge in [-0.1, -0.05) is 19.4 Å². The quantitative estimate of drug-likeness (QED) is 0.803. The second kappa shape index (κ2) is 5.08. The highest BCUT2D eigenvalue weighted by molar-refractivity contribution is 5.97. The average Bonchev–Trinajstić information content (AvgIpc) is 2.82. The molecule has 0 N–H and O–H groups in total. The number of carbonyl (C=O) groups is 1. The summed E-state index contributed by atoms with van der Waals surface area (Å²) in [7, 11) is 1.81. The van der Waals surface area contributed by atoms with E-state index in [0.29, 0.717) is 17.1 Å². The minimum Gasteiger partial charge on any atom is -0.454 e. The van der Waals surface area contributed by atoms with Crippen molar-refractivity contribution in [1.82, 2.24) is 4.90 Å². The highest BCUT2D eigenvalue weighted by Gasteiger charge is 2.23. The molecular formula is C13H17NO3. The number of carbonyl (C=O) groups excluding carboxylic acids is 1. The molecule has 2 rings (SSSR count). The zero-order valence-electron chi connectivity index (χ0n) is 10.2. The molecule has 0 radical (unpaired) electrons. The number of rotatable bonds is 4. The van der Waals surface area contributed by atoms with Crippen LogP contribution in [0.5, 0.6) is 11.5 Å². The van der Waals surface area contributed by atoms with Crippen LogP contribution in [-0.4, -0.2) is 31.2 Å². The molecule has 1 aliphatic heterocycles. The molecule has 4 nitrogen and oxygen atoms in total. The molecule has 17 heavy (non-hydrogen) atoms. The first-order chi connectivity index (χ1) is 8.24. The number of amides is 1. The Labute approximate surface area is 101 Å². The highest BCUT2D eigenvalue weighted by atomic mass is 16.7. The zero-order valence-corrected chi connectivity index (χ0v) is 10.2. The number of nitrogens with zero attached hydrogens (tertiary/aromatic N) is 1. The molecule has 0 spiro atoms. The summed E-state index contributed by atoms with van der Waals surface area (Å²) in [6.07, 6.45) is 2.08. The molecule has 0 aromatic heterocycles. The Morgan fingerprint density at radius 2 is 2.24 bits per heavy atom. The fourth-order valence-corrected chi connectivity index (χ4v) is 1.80. The Kier molecular flexibility index (Phi) is 3.52. The maximum absolute atomic E-state index is 12.2. The van der Waals surface area contributed by atoms with Crippen LogP contribution in [0.2, 0.25) is 0 Å². The van der Waals surface area contributed by atoms with Crippen molar-refractivity contribution < 1.29 is 14.3 Å². The summed E-state index contributed by atoms with van der Waals surface area (Å²) >= 11 is 0. The lowest BCUT2D eigenvalue weighted by atomic mass is 10.1. The van der Waals surface area contributed by atoms with Crippen molar-refractivity contribution in [3.8, 4) is 11.5 Å². The van der Waals surface area contributed by atoms with Crippen molar-refractivity contribution in [3.05, 3.63) is 23.8 Å². The van der Waals surface area contributed by atoms with Crippen LogP contribution < -0.4 is 9.47 Å². The van der Waals surface area contributed by atoms with Gasteiger partial charge in [0.15, 0.2) is 11.5 Å². The van der Waals surface area contributed by atoms with E-state index in [1.54, 1.807) is 11.0 Å². The Morgan fingerprint density at radius 3 is 3.00 bits per heavy atom. The second-order valence-electron chi connectivity index (χ2n) is 4.12. The van der Waals surface area contributed by atoms with Crippen molar-refractivity contribution in [2.24, 2.45) is 0 Å². The van der Waals surface area contributed by atoms with Gasteiger partial charge >= 0.3 is 0 Å². The SMILES string of the molecule is CCCCN(C)C(=O)c1cccc2c1OCO2. The summed E-state index contributed by atoms with van der Waals surface area (Å²) in [5, 5.41) is 0. The Morgan fingerprint density at radius 1 is 1.41 bits per heavy atom. The number of hydrogen-bond donors (Lipinski definition) is 0. The summed E-state index contributed by atoms with van der Waals surface area (Å²) in [6.45, 7) is 3.06. The summed E-state index contributed by atoms with van der Waals surface area (Å²) in [4.78, 5) is 13.9. The van der Waals surface area contributed by atoms with Crippen molar-refractivity contribution >= 4 is 5.91 Å². The van der Waals surface area contributed by atoms with Gasteiger partial charge in [-0.2, -0.15) is 0 Å². The third-order valence-corrected chi connectivity index (χ3v) is 2.82. The molecule has 1 aromatic rings. The van der Waals surface area contributed by atoms with Gasteiger partial charge in [-0.05, 0) is 18.6 Å². The third kappa shape index (κ3) is 2.35. The standard InChI is InChI=1S/C13H17NO3/c1-3-4-8-14(2)13(15)10-6-5-7-11-12(10)17-9-16-11/h5-7H,3-4,8-9H2,1-2H3. The second-order valence-corrected chi connectivity index (χ2v) is 4.12. The summed E-state index contributed by atoms with van der Waals surface area (Å²) in [6, 6.07) is 5.40. The summed E-state index contributed by atoms with van der Waals surface area (Å²) < 4.78 is 10.6. The third-order valence-electron chi connectivity index (χ3n) is 2.82. The number of ether oxygens (including phenoxy) is 2. The van der Waals surface area contributed by atoms with E-state index in [-0.39, 0.29) is 12.7 Å². The van der Waals surface area contributed by atoms with E-state index in [2.05, 4.69) is 6.92 Å². The normalized spacial score (nSPS) is 12.6. The number of para-hydroxylation sites is 1. The lowest BCUT2D eigenvalue weighted by molar-refractivity contribution is 0.0788. The fourth-order valence-electron chi connectivity index (χ4n) is 1.80. The van der Waals surface area contributed by atoms with E-state index in [0.717, 1.165) is 19.4 Å². The van der Waals surface area contributed by atoms with E-state index in [1.165, 1.54) is 0 Å². The number of benzene rings is 1. The topological polar surface area (TPSA) is 38.8 Å². The van der Waals surface area contributed by atoms with E-state index in [1.807, 2.05) is 19.2 Å². The molecule has 0 saturated carbocycles. The van der Waals surface area contributed by atoms with E-state index in [4.69, 9.17) is 9.47 Å². The van der Waals surface area contributed by atoms with Gasteiger partial charge in [-0.3, -0.25) is 4.79 Å². The van der Waals surface area contributed by atoms with Crippen LogP contribution in [0.1, 0.15) is 30.1 Å². The van der Waals surface area contributed by atoms with Gasteiger partial charge in [0, 0.05) is 13.6 Å². The van der Waals surface area contributed by atoms with Crippen LogP contribution in [-0.2, 0) is 0 Å². The summed E-state index contributed by atoms with van der Waals surface area (Å²) in [5.74, 6) is 1.21. The average molecular weight is 235 g/mol. The molecule has 1 aromatic carbocycles. The molecule has 1 heterocycles. The molecule has 4 heteroatoms. The molecule has 0 fully saturated rings. The molecule has 1 aliphatic rings. The van der Waals surface area contributed by atoms with Gasteiger partial charge in [0.25, 0.3) is 5.91 Å². The monoisotopic (exact) mass is 235 g/mol. The van der Waals surface area contributed by atoms with Gasteiger partial charge in [-0.15, -0.1) is 0 Å². The van der Waals surface area contributed by atoms with Crippen LogP contribution in [0.15, 0.2) is 18.2 Å². The van der Waals surface area contributed by atoms with Crippen molar-refractivity contribution in [2.75, 3.05) is 20.4 Å². The van der Waals surface area contributed by atoms with E-state index < -0.39 is 0 Å². The van der Waals surface area contributed by atoms with Crippen LogP contribution in [0, 0.1) is 0 Å². The Hall–Kier alpha value is -1.71. The van der Waals surface area contributed by atoms with Gasteiger partial charge in [0.1, 0.15) is 0 Å². The van der Waals surface area contributed by atoms with Crippen LogP contribution in [0.25, 0.3) is 0 Å². The van der Waals surface area contributed by atoms with Crippen molar-refractivity contribution in [2.45, 2.75) is 19.8 Å². The van der Waals surface area contributed by atoms with E-state index in [9.17, 15) is 4.79 Å². The highest BCUT2D eigenvalue weighted by Crippen LogP contribution is 2.35. The lowest BCUT2D eigenvalue weighted by Gasteiger charge is -2.17. The molecule has 0 aliphatic carbocycles. The van der Waals surface area contributed by atoms with Gasteiger partial charge in [0.05, 0.1) is 5.56 Å². The molecule has 0 unspecified atom stereocenters. The van der Waals surface area contributed by atoms with Crippen LogP contribution in [0.4, 0.5) is 0 Å². The maximum atomic E-state index is 12.2. The minimum absolute atomic E-state index is 0.0131. The largest absolute Gasteiger partial charge is 0.454 e. The molecular weight excluding hydrogens is 218 g/mol. The summed E-state index contributed by atoms with van der Waals surface area (Å²) in [5.41, 5.74) is 0.582.